The fourth-order valence-electron chi connectivity index (χ4n) is 3.29. The van der Waals surface area contributed by atoms with E-state index in [0.29, 0.717) is 16.0 Å². The molecule has 0 unspecified atom stereocenters. The minimum Gasteiger partial charge on any atom is -0.325 e. The van der Waals surface area contributed by atoms with Crippen molar-refractivity contribution >= 4 is 44.9 Å². The van der Waals surface area contributed by atoms with Crippen molar-refractivity contribution in [1.82, 2.24) is 9.97 Å². The monoisotopic (exact) mass is 449 g/mol. The number of anilines is 1. The van der Waals surface area contributed by atoms with Gasteiger partial charge in [0.05, 0.1) is 16.4 Å². The number of aromatic amines is 1. The standard InChI is InChI=1S/C24H23N3O2S2/c1-3-16-9-11-18(12-10-16)25-20(28)14-30-15(2)22-26-23(29)21-19(13-31-24(21)27-22)17-7-5-4-6-8-17/h4-13,15H,3,14H2,1-2H3,(H,25,28)(H,26,27,29)/t15-/m0/s1. The lowest BCUT2D eigenvalue weighted by atomic mass is 10.1. The van der Waals surface area contributed by atoms with Crippen LogP contribution in [0.15, 0.2) is 64.8 Å². The number of benzene rings is 2. The van der Waals surface area contributed by atoms with E-state index in [1.54, 1.807) is 0 Å². The van der Waals surface area contributed by atoms with E-state index in [-0.39, 0.29) is 22.5 Å². The lowest BCUT2D eigenvalue weighted by Crippen LogP contribution is -2.16. The number of thiophene rings is 1. The van der Waals surface area contributed by atoms with Gasteiger partial charge in [-0.05, 0) is 36.6 Å². The zero-order valence-electron chi connectivity index (χ0n) is 17.3. The first-order valence-electron chi connectivity index (χ1n) is 10.1. The van der Waals surface area contributed by atoms with E-state index in [2.05, 4.69) is 22.2 Å². The van der Waals surface area contributed by atoms with Gasteiger partial charge in [0, 0.05) is 16.6 Å². The Morgan fingerprint density at radius 3 is 2.61 bits per heavy atom. The highest BCUT2D eigenvalue weighted by molar-refractivity contribution is 8.00. The summed E-state index contributed by atoms with van der Waals surface area (Å²) in [5.74, 6) is 0.786. The second kappa shape index (κ2) is 9.49. The molecule has 4 aromatic rings. The largest absolute Gasteiger partial charge is 0.325 e. The summed E-state index contributed by atoms with van der Waals surface area (Å²) in [7, 11) is 0. The number of carbonyl (C=O) groups excluding carboxylic acids is 1. The number of hydrogen-bond donors (Lipinski definition) is 2. The molecule has 0 aliphatic carbocycles. The van der Waals surface area contributed by atoms with Gasteiger partial charge in [-0.1, -0.05) is 49.4 Å². The average molecular weight is 450 g/mol. The highest BCUT2D eigenvalue weighted by Crippen LogP contribution is 2.32. The maximum absolute atomic E-state index is 12.8. The molecule has 2 N–H and O–H groups in total. The lowest BCUT2D eigenvalue weighted by Gasteiger charge is -2.11. The van der Waals surface area contributed by atoms with Gasteiger partial charge in [0.15, 0.2) is 0 Å². The molecule has 7 heteroatoms. The summed E-state index contributed by atoms with van der Waals surface area (Å²) < 4.78 is 0. The van der Waals surface area contributed by atoms with Crippen LogP contribution in [0.1, 0.15) is 30.5 Å². The maximum atomic E-state index is 12.8. The Morgan fingerprint density at radius 1 is 1.16 bits per heavy atom. The molecule has 0 aliphatic heterocycles. The molecule has 1 atom stereocenters. The van der Waals surface area contributed by atoms with Crippen LogP contribution < -0.4 is 10.9 Å². The third kappa shape index (κ3) is 4.89. The Hall–Kier alpha value is -2.90. The van der Waals surface area contributed by atoms with Crippen molar-refractivity contribution in [2.24, 2.45) is 0 Å². The third-order valence-corrected chi connectivity index (χ3v) is 7.07. The fraction of sp³-hybridized carbons (Fsp3) is 0.208. The van der Waals surface area contributed by atoms with Gasteiger partial charge in [-0.15, -0.1) is 23.1 Å². The molecule has 1 amide bonds. The zero-order valence-corrected chi connectivity index (χ0v) is 19.0. The Balaban J connectivity index is 1.44. The van der Waals surface area contributed by atoms with Crippen LogP contribution >= 0.6 is 23.1 Å². The molecular formula is C24H23N3O2S2. The van der Waals surface area contributed by atoms with Gasteiger partial charge in [-0.25, -0.2) is 4.98 Å². The number of carbonyl (C=O) groups is 1. The average Bonchev–Trinajstić information content (AvgIpc) is 3.23. The molecule has 158 valence electrons. The molecule has 5 nitrogen and oxygen atoms in total. The molecule has 0 spiro atoms. The smallest absolute Gasteiger partial charge is 0.260 e. The molecule has 31 heavy (non-hydrogen) atoms. The number of H-pyrrole nitrogens is 1. The van der Waals surface area contributed by atoms with Crippen molar-refractivity contribution in [3.8, 4) is 11.1 Å². The quantitative estimate of drug-likeness (QED) is 0.382. The SMILES string of the molecule is CCc1ccc(NC(=O)CS[C@@H](C)c2nc3scc(-c4ccccc4)c3c(=O)[nH]2)cc1. The van der Waals surface area contributed by atoms with E-state index in [9.17, 15) is 9.59 Å². The summed E-state index contributed by atoms with van der Waals surface area (Å²) in [6, 6.07) is 17.7. The van der Waals surface area contributed by atoms with Crippen LogP contribution in [0.4, 0.5) is 5.69 Å². The number of aryl methyl sites for hydroxylation is 1. The third-order valence-electron chi connectivity index (χ3n) is 5.04. The summed E-state index contributed by atoms with van der Waals surface area (Å²) in [6.07, 6.45) is 0.966. The maximum Gasteiger partial charge on any atom is 0.260 e. The van der Waals surface area contributed by atoms with Gasteiger partial charge in [-0.3, -0.25) is 9.59 Å². The van der Waals surface area contributed by atoms with Crippen molar-refractivity contribution in [2.75, 3.05) is 11.1 Å². The minimum absolute atomic E-state index is 0.0768. The molecule has 0 fully saturated rings. The molecular weight excluding hydrogens is 426 g/mol. The molecule has 0 bridgehead atoms. The molecule has 2 aromatic heterocycles. The van der Waals surface area contributed by atoms with E-state index in [0.717, 1.165) is 23.2 Å². The van der Waals surface area contributed by atoms with Crippen LogP contribution in [0.5, 0.6) is 0 Å². The van der Waals surface area contributed by atoms with Crippen molar-refractivity contribution in [2.45, 2.75) is 25.5 Å². The predicted octanol–water partition coefficient (Wildman–Crippen LogP) is 5.65. The van der Waals surface area contributed by atoms with E-state index < -0.39 is 0 Å². The highest BCUT2D eigenvalue weighted by Gasteiger charge is 2.17. The van der Waals surface area contributed by atoms with Crippen molar-refractivity contribution in [3.63, 3.8) is 0 Å². The number of aromatic nitrogens is 2. The topological polar surface area (TPSA) is 74.8 Å². The summed E-state index contributed by atoms with van der Waals surface area (Å²) >= 11 is 2.91. The molecule has 0 saturated heterocycles. The van der Waals surface area contributed by atoms with Crippen LogP contribution in [0.25, 0.3) is 21.3 Å². The van der Waals surface area contributed by atoms with Gasteiger partial charge in [0.25, 0.3) is 5.56 Å². The Kier molecular flexibility index (Phi) is 6.53. The van der Waals surface area contributed by atoms with Crippen molar-refractivity contribution in [1.29, 1.82) is 0 Å². The van der Waals surface area contributed by atoms with E-state index in [4.69, 9.17) is 0 Å². The summed E-state index contributed by atoms with van der Waals surface area (Å²) in [5.41, 5.74) is 3.77. The number of thioether (sulfide) groups is 1. The molecule has 0 radical (unpaired) electrons. The van der Waals surface area contributed by atoms with Crippen LogP contribution in [-0.4, -0.2) is 21.6 Å². The minimum atomic E-state index is -0.145. The van der Waals surface area contributed by atoms with Crippen LogP contribution in [0.3, 0.4) is 0 Å². The summed E-state index contributed by atoms with van der Waals surface area (Å²) in [6.45, 7) is 4.05. The zero-order chi connectivity index (χ0) is 21.8. The second-order valence-electron chi connectivity index (χ2n) is 7.20. The number of fused-ring (bicyclic) bond motifs is 1. The number of nitrogens with zero attached hydrogens (tertiary/aromatic N) is 1. The van der Waals surface area contributed by atoms with Gasteiger partial charge in [0.1, 0.15) is 10.7 Å². The van der Waals surface area contributed by atoms with E-state index in [1.807, 2.05) is 66.9 Å². The predicted molar refractivity (Wildman–Crippen MR) is 131 cm³/mol. The number of hydrogen-bond acceptors (Lipinski definition) is 5. The normalized spacial score (nSPS) is 12.1. The van der Waals surface area contributed by atoms with Gasteiger partial charge in [-0.2, -0.15) is 0 Å². The first kappa shape index (κ1) is 21.3. The molecule has 4 rings (SSSR count). The van der Waals surface area contributed by atoms with Gasteiger partial charge < -0.3 is 10.3 Å². The molecule has 2 aromatic carbocycles. The Morgan fingerprint density at radius 2 is 1.90 bits per heavy atom. The number of amides is 1. The van der Waals surface area contributed by atoms with Crippen molar-refractivity contribution in [3.05, 3.63) is 81.7 Å². The number of nitrogens with one attached hydrogen (secondary N) is 2. The van der Waals surface area contributed by atoms with Crippen LogP contribution in [-0.2, 0) is 11.2 Å². The molecule has 2 heterocycles. The highest BCUT2D eigenvalue weighted by atomic mass is 32.2. The second-order valence-corrected chi connectivity index (χ2v) is 9.39. The Bertz CT molecular complexity index is 1250. The van der Waals surface area contributed by atoms with Crippen molar-refractivity contribution < 1.29 is 4.79 Å². The first-order chi connectivity index (χ1) is 15.0. The lowest BCUT2D eigenvalue weighted by molar-refractivity contribution is -0.113. The molecule has 0 saturated carbocycles. The van der Waals surface area contributed by atoms with Crippen LogP contribution in [0.2, 0.25) is 0 Å². The molecule has 0 aliphatic rings. The first-order valence-corrected chi connectivity index (χ1v) is 12.0. The van der Waals surface area contributed by atoms with E-state index in [1.165, 1.54) is 28.7 Å². The van der Waals surface area contributed by atoms with Gasteiger partial charge >= 0.3 is 0 Å². The van der Waals surface area contributed by atoms with Crippen LogP contribution in [0, 0.1) is 0 Å². The summed E-state index contributed by atoms with van der Waals surface area (Å²) in [4.78, 5) is 33.4. The summed E-state index contributed by atoms with van der Waals surface area (Å²) in [5, 5.41) is 5.38. The fourth-order valence-corrected chi connectivity index (χ4v) is 4.99. The number of rotatable bonds is 7. The Labute approximate surface area is 188 Å². The van der Waals surface area contributed by atoms with E-state index >= 15 is 0 Å². The van der Waals surface area contributed by atoms with Gasteiger partial charge in [0.2, 0.25) is 5.91 Å².